The second kappa shape index (κ2) is 6.25. The first-order chi connectivity index (χ1) is 9.57. The minimum absolute atomic E-state index is 0.0744. The van der Waals surface area contributed by atoms with Crippen LogP contribution in [0.5, 0.6) is 5.75 Å². The molecule has 2 atom stereocenters. The summed E-state index contributed by atoms with van der Waals surface area (Å²) in [6.45, 7) is 4.84. The summed E-state index contributed by atoms with van der Waals surface area (Å²) < 4.78 is 11.0. The zero-order valence-corrected chi connectivity index (χ0v) is 12.0. The molecule has 0 amide bonds. The van der Waals surface area contributed by atoms with E-state index in [1.54, 1.807) is 6.07 Å². The van der Waals surface area contributed by atoms with Gasteiger partial charge in [0.1, 0.15) is 11.2 Å². The van der Waals surface area contributed by atoms with E-state index in [0.717, 1.165) is 6.42 Å². The van der Waals surface area contributed by atoms with Crippen molar-refractivity contribution >= 4 is 0 Å². The third kappa shape index (κ3) is 3.12. The van der Waals surface area contributed by atoms with Gasteiger partial charge in [-0.05, 0) is 44.4 Å². The highest BCUT2D eigenvalue weighted by atomic mass is 16.5. The summed E-state index contributed by atoms with van der Waals surface area (Å²) in [5.74, 6) is 0.710. The highest BCUT2D eigenvalue weighted by Crippen LogP contribution is 2.41. The van der Waals surface area contributed by atoms with Gasteiger partial charge in [-0.25, -0.2) is 0 Å². The molecule has 0 radical (unpaired) electrons. The lowest BCUT2D eigenvalue weighted by molar-refractivity contribution is -0.0506. The van der Waals surface area contributed by atoms with Crippen molar-refractivity contribution in [1.29, 1.82) is 5.26 Å². The van der Waals surface area contributed by atoms with Crippen LogP contribution in [0.2, 0.25) is 0 Å². The van der Waals surface area contributed by atoms with Gasteiger partial charge >= 0.3 is 0 Å². The molecule has 2 rings (SSSR count). The third-order valence-corrected chi connectivity index (χ3v) is 3.56. The Morgan fingerprint density at radius 2 is 2.25 bits per heavy atom. The van der Waals surface area contributed by atoms with E-state index >= 15 is 0 Å². The number of ether oxygens (including phenoxy) is 2. The Morgan fingerprint density at radius 1 is 1.45 bits per heavy atom. The van der Waals surface area contributed by atoms with E-state index in [9.17, 15) is 10.4 Å². The summed E-state index contributed by atoms with van der Waals surface area (Å²) in [6.07, 6.45) is 0.668. The van der Waals surface area contributed by atoms with Crippen molar-refractivity contribution < 1.29 is 14.6 Å². The molecule has 108 valence electrons. The molecule has 0 aromatic heterocycles. The zero-order chi connectivity index (χ0) is 14.6. The summed E-state index contributed by atoms with van der Waals surface area (Å²) >= 11 is 0. The van der Waals surface area contributed by atoms with Crippen LogP contribution in [0.15, 0.2) is 24.3 Å². The van der Waals surface area contributed by atoms with Gasteiger partial charge in [-0.3, -0.25) is 0 Å². The fourth-order valence-corrected chi connectivity index (χ4v) is 2.53. The van der Waals surface area contributed by atoms with Crippen LogP contribution in [0.25, 0.3) is 0 Å². The Hall–Kier alpha value is -1.57. The third-order valence-electron chi connectivity index (χ3n) is 3.56. The summed E-state index contributed by atoms with van der Waals surface area (Å²) in [4.78, 5) is 0. The van der Waals surface area contributed by atoms with Crippen molar-refractivity contribution in [2.24, 2.45) is 5.41 Å². The number of hydrogen-bond acceptors (Lipinski definition) is 4. The Labute approximate surface area is 119 Å². The van der Waals surface area contributed by atoms with Crippen molar-refractivity contribution in [2.45, 2.75) is 38.9 Å². The predicted molar refractivity (Wildman–Crippen MR) is 75.3 cm³/mol. The summed E-state index contributed by atoms with van der Waals surface area (Å²) in [6, 6.07) is 9.58. The molecular formula is C16H21NO3. The second-order valence-electron chi connectivity index (χ2n) is 5.57. The first-order valence-electron chi connectivity index (χ1n) is 7.01. The highest BCUT2D eigenvalue weighted by Gasteiger charge is 2.41. The Kier molecular flexibility index (Phi) is 4.64. The maximum absolute atomic E-state index is 10.6. The van der Waals surface area contributed by atoms with Crippen LogP contribution < -0.4 is 4.74 Å². The van der Waals surface area contributed by atoms with E-state index in [2.05, 4.69) is 6.07 Å². The smallest absolute Gasteiger partial charge is 0.120 e. The van der Waals surface area contributed by atoms with Crippen molar-refractivity contribution in [2.75, 3.05) is 13.2 Å². The maximum Gasteiger partial charge on any atom is 0.120 e. The first kappa shape index (κ1) is 14.8. The normalized spacial score (nSPS) is 24.1. The van der Waals surface area contributed by atoms with Gasteiger partial charge in [-0.2, -0.15) is 5.26 Å². The number of nitrogens with zero attached hydrogens (tertiary/aromatic N) is 1. The minimum atomic E-state index is -0.858. The average Bonchev–Trinajstić information content (AvgIpc) is 2.47. The molecule has 1 heterocycles. The molecular weight excluding hydrogens is 254 g/mol. The highest BCUT2D eigenvalue weighted by molar-refractivity contribution is 5.32. The van der Waals surface area contributed by atoms with Crippen molar-refractivity contribution in [3.05, 3.63) is 29.8 Å². The van der Waals surface area contributed by atoms with E-state index in [0.29, 0.717) is 24.3 Å². The van der Waals surface area contributed by atoms with Gasteiger partial charge in [0.2, 0.25) is 0 Å². The first-order valence-corrected chi connectivity index (χ1v) is 7.01. The second-order valence-corrected chi connectivity index (χ2v) is 5.57. The quantitative estimate of drug-likeness (QED) is 0.917. The van der Waals surface area contributed by atoms with Gasteiger partial charge in [-0.1, -0.05) is 12.1 Å². The predicted octanol–water partition coefficient (Wildman–Crippen LogP) is 2.83. The van der Waals surface area contributed by atoms with Crippen molar-refractivity contribution in [3.8, 4) is 11.8 Å². The standard InChI is InChI=1S/C16H21NO3/c1-12(2)20-14-6-3-5-13(9-14)15(18)16(10-17)7-4-8-19-11-16/h3,5-6,9,12,15,18H,4,7-8,11H2,1-2H3. The molecule has 1 aromatic rings. The monoisotopic (exact) mass is 275 g/mol. The molecule has 20 heavy (non-hydrogen) atoms. The molecule has 0 spiro atoms. The summed E-state index contributed by atoms with van der Waals surface area (Å²) in [5, 5.41) is 20.1. The molecule has 1 aliphatic heterocycles. The topological polar surface area (TPSA) is 62.5 Å². The van der Waals surface area contributed by atoms with Crippen LogP contribution in [-0.4, -0.2) is 24.4 Å². The molecule has 0 aliphatic carbocycles. The number of benzene rings is 1. The average molecular weight is 275 g/mol. The van der Waals surface area contributed by atoms with E-state index < -0.39 is 11.5 Å². The number of rotatable bonds is 4. The lowest BCUT2D eigenvalue weighted by Crippen LogP contribution is -2.36. The van der Waals surface area contributed by atoms with Crippen LogP contribution in [0.3, 0.4) is 0 Å². The van der Waals surface area contributed by atoms with E-state index in [1.807, 2.05) is 32.0 Å². The van der Waals surface area contributed by atoms with Crippen LogP contribution >= 0.6 is 0 Å². The van der Waals surface area contributed by atoms with Crippen LogP contribution in [-0.2, 0) is 4.74 Å². The van der Waals surface area contributed by atoms with E-state index in [4.69, 9.17) is 9.47 Å². The number of hydrogen-bond donors (Lipinski definition) is 1. The number of nitriles is 1. The maximum atomic E-state index is 10.6. The molecule has 4 heteroatoms. The molecule has 0 bridgehead atoms. The van der Waals surface area contributed by atoms with Gasteiger partial charge in [0, 0.05) is 6.61 Å². The van der Waals surface area contributed by atoms with Crippen LogP contribution in [0.4, 0.5) is 0 Å². The Bertz CT molecular complexity index is 487. The van der Waals surface area contributed by atoms with Crippen LogP contribution in [0, 0.1) is 16.7 Å². The fraction of sp³-hybridized carbons (Fsp3) is 0.562. The van der Waals surface area contributed by atoms with Crippen LogP contribution in [0.1, 0.15) is 38.4 Å². The Morgan fingerprint density at radius 3 is 2.85 bits per heavy atom. The lowest BCUT2D eigenvalue weighted by atomic mass is 9.76. The minimum Gasteiger partial charge on any atom is -0.491 e. The zero-order valence-electron chi connectivity index (χ0n) is 12.0. The van der Waals surface area contributed by atoms with Gasteiger partial charge in [0.25, 0.3) is 0 Å². The molecule has 1 fully saturated rings. The lowest BCUT2D eigenvalue weighted by Gasteiger charge is -2.35. The molecule has 1 aliphatic rings. The molecule has 0 saturated carbocycles. The SMILES string of the molecule is CC(C)Oc1cccc(C(O)C2(C#N)CCCOC2)c1. The summed E-state index contributed by atoms with van der Waals surface area (Å²) in [7, 11) is 0. The van der Waals surface area contributed by atoms with Crippen molar-refractivity contribution in [1.82, 2.24) is 0 Å². The fourth-order valence-electron chi connectivity index (χ4n) is 2.53. The Balaban J connectivity index is 2.23. The van der Waals surface area contributed by atoms with E-state index in [1.165, 1.54) is 0 Å². The van der Waals surface area contributed by atoms with Crippen molar-refractivity contribution in [3.63, 3.8) is 0 Å². The number of aliphatic hydroxyl groups is 1. The molecule has 1 N–H and O–H groups in total. The van der Waals surface area contributed by atoms with Gasteiger partial charge < -0.3 is 14.6 Å². The van der Waals surface area contributed by atoms with Gasteiger partial charge in [-0.15, -0.1) is 0 Å². The molecule has 1 saturated heterocycles. The largest absolute Gasteiger partial charge is 0.491 e. The van der Waals surface area contributed by atoms with Gasteiger partial charge in [0.15, 0.2) is 0 Å². The van der Waals surface area contributed by atoms with Gasteiger partial charge in [0.05, 0.1) is 24.9 Å². The molecule has 4 nitrogen and oxygen atoms in total. The van der Waals surface area contributed by atoms with E-state index in [-0.39, 0.29) is 12.7 Å². The summed E-state index contributed by atoms with van der Waals surface area (Å²) in [5.41, 5.74) is -0.149. The molecule has 1 aromatic carbocycles. The number of aliphatic hydroxyl groups excluding tert-OH is 1. The molecule has 2 unspecified atom stereocenters.